The maximum absolute atomic E-state index is 12.3. The number of rotatable bonds is 4. The first kappa shape index (κ1) is 16.8. The summed E-state index contributed by atoms with van der Waals surface area (Å²) >= 11 is 0. The molecule has 3 rings (SSSR count). The van der Waals surface area contributed by atoms with E-state index >= 15 is 0 Å². The van der Waals surface area contributed by atoms with Gasteiger partial charge in [-0.2, -0.15) is 0 Å². The predicted molar refractivity (Wildman–Crippen MR) is 93.7 cm³/mol. The van der Waals surface area contributed by atoms with Crippen molar-refractivity contribution in [1.29, 1.82) is 0 Å². The maximum atomic E-state index is 12.3. The summed E-state index contributed by atoms with van der Waals surface area (Å²) in [6.07, 6.45) is 1.76. The first-order chi connectivity index (χ1) is 12.1. The molecule has 1 saturated heterocycles. The number of aromatic nitrogens is 1. The first-order valence-electron chi connectivity index (χ1n) is 8.15. The number of benzene rings is 1. The van der Waals surface area contributed by atoms with Gasteiger partial charge in [0.15, 0.2) is 0 Å². The fourth-order valence-corrected chi connectivity index (χ4v) is 2.85. The zero-order valence-electron chi connectivity index (χ0n) is 13.8. The summed E-state index contributed by atoms with van der Waals surface area (Å²) in [6, 6.07) is 12.3. The smallest absolute Gasteiger partial charge is 0.336 e. The van der Waals surface area contributed by atoms with Crippen LogP contribution in [-0.4, -0.2) is 53.2 Å². The molecule has 130 valence electrons. The van der Waals surface area contributed by atoms with Crippen LogP contribution in [-0.2, 0) is 6.54 Å². The molecule has 0 atom stereocenters. The second-order valence-electron chi connectivity index (χ2n) is 5.78. The van der Waals surface area contributed by atoms with Crippen LogP contribution >= 0.6 is 0 Å². The van der Waals surface area contributed by atoms with E-state index in [9.17, 15) is 14.7 Å². The number of urea groups is 1. The Morgan fingerprint density at radius 2 is 1.76 bits per heavy atom. The van der Waals surface area contributed by atoms with Crippen molar-refractivity contribution in [3.8, 4) is 0 Å². The molecular formula is C18H20N4O3. The molecule has 0 unspecified atom stereocenters. The standard InChI is InChI=1S/C18H20N4O3/c23-17(24)15-6-2-1-5-14(15)13-20-18(25)22-11-9-21(10-12-22)16-7-3-4-8-19-16/h1-8H,9-13H2,(H,20,25)(H,23,24). The molecule has 0 saturated carbocycles. The number of carboxylic acid groups (broad SMARTS) is 1. The summed E-state index contributed by atoms with van der Waals surface area (Å²) in [5.74, 6) is -0.0771. The van der Waals surface area contributed by atoms with Crippen LogP contribution in [0.1, 0.15) is 15.9 Å². The normalized spacial score (nSPS) is 14.2. The molecule has 0 aliphatic carbocycles. The summed E-state index contributed by atoms with van der Waals surface area (Å²) in [5, 5.41) is 12.0. The molecule has 2 N–H and O–H groups in total. The number of nitrogens with one attached hydrogen (secondary N) is 1. The van der Waals surface area contributed by atoms with E-state index in [1.165, 1.54) is 6.07 Å². The lowest BCUT2D eigenvalue weighted by atomic mass is 10.1. The summed E-state index contributed by atoms with van der Waals surface area (Å²) in [6.45, 7) is 2.83. The van der Waals surface area contributed by atoms with Gasteiger partial charge in [-0.25, -0.2) is 14.6 Å². The van der Waals surface area contributed by atoms with Crippen molar-refractivity contribution in [2.45, 2.75) is 6.54 Å². The summed E-state index contributed by atoms with van der Waals surface area (Å²) in [4.78, 5) is 31.7. The molecule has 1 aliphatic rings. The Morgan fingerprint density at radius 1 is 1.04 bits per heavy atom. The van der Waals surface area contributed by atoms with Gasteiger partial charge in [0.2, 0.25) is 0 Å². The first-order valence-corrected chi connectivity index (χ1v) is 8.15. The van der Waals surface area contributed by atoms with Gasteiger partial charge >= 0.3 is 12.0 Å². The van der Waals surface area contributed by atoms with Crippen molar-refractivity contribution in [2.75, 3.05) is 31.1 Å². The third-order valence-electron chi connectivity index (χ3n) is 4.22. The minimum atomic E-state index is -0.992. The molecule has 0 radical (unpaired) electrons. The molecule has 1 aromatic carbocycles. The van der Waals surface area contributed by atoms with Crippen LogP contribution in [0.3, 0.4) is 0 Å². The molecule has 0 bridgehead atoms. The number of nitrogens with zero attached hydrogens (tertiary/aromatic N) is 3. The van der Waals surface area contributed by atoms with E-state index in [4.69, 9.17) is 0 Å². The van der Waals surface area contributed by atoms with Gasteiger partial charge in [-0.05, 0) is 23.8 Å². The van der Waals surface area contributed by atoms with Crippen molar-refractivity contribution in [1.82, 2.24) is 15.2 Å². The molecule has 1 fully saturated rings. The molecule has 2 heterocycles. The average molecular weight is 340 g/mol. The van der Waals surface area contributed by atoms with Gasteiger partial charge in [-0.3, -0.25) is 0 Å². The highest BCUT2D eigenvalue weighted by Gasteiger charge is 2.21. The minimum absolute atomic E-state index is 0.180. The molecule has 25 heavy (non-hydrogen) atoms. The number of amides is 2. The number of carboxylic acids is 1. The summed E-state index contributed by atoms with van der Waals surface area (Å²) < 4.78 is 0. The van der Waals surface area contributed by atoms with Gasteiger partial charge in [-0.1, -0.05) is 24.3 Å². The van der Waals surface area contributed by atoms with Crippen molar-refractivity contribution in [3.05, 3.63) is 59.8 Å². The molecule has 2 aromatic rings. The zero-order valence-corrected chi connectivity index (χ0v) is 13.8. The van der Waals surface area contributed by atoms with E-state index in [-0.39, 0.29) is 18.1 Å². The van der Waals surface area contributed by atoms with Crippen LogP contribution in [0.5, 0.6) is 0 Å². The monoisotopic (exact) mass is 340 g/mol. The van der Waals surface area contributed by atoms with Crippen LogP contribution in [0, 0.1) is 0 Å². The Hall–Kier alpha value is -3.09. The molecular weight excluding hydrogens is 320 g/mol. The second kappa shape index (κ2) is 7.65. The second-order valence-corrected chi connectivity index (χ2v) is 5.78. The van der Waals surface area contributed by atoms with Gasteiger partial charge in [0.25, 0.3) is 0 Å². The molecule has 1 aromatic heterocycles. The van der Waals surface area contributed by atoms with Gasteiger partial charge in [0.05, 0.1) is 5.56 Å². The number of pyridine rings is 1. The largest absolute Gasteiger partial charge is 0.478 e. The number of carbonyl (C=O) groups excluding carboxylic acids is 1. The van der Waals surface area contributed by atoms with Crippen LogP contribution in [0.25, 0.3) is 0 Å². The number of carbonyl (C=O) groups is 2. The Kier molecular flexibility index (Phi) is 5.13. The van der Waals surface area contributed by atoms with E-state index in [0.717, 1.165) is 18.9 Å². The Labute approximate surface area is 145 Å². The fraction of sp³-hybridized carbons (Fsp3) is 0.278. The van der Waals surface area contributed by atoms with Crippen molar-refractivity contribution < 1.29 is 14.7 Å². The third kappa shape index (κ3) is 4.06. The molecule has 2 amide bonds. The summed E-state index contributed by atoms with van der Waals surface area (Å²) in [5.41, 5.74) is 0.804. The van der Waals surface area contributed by atoms with E-state index in [1.807, 2.05) is 18.2 Å². The van der Waals surface area contributed by atoms with Gasteiger partial charge in [0.1, 0.15) is 5.82 Å². The quantitative estimate of drug-likeness (QED) is 0.887. The lowest BCUT2D eigenvalue weighted by Gasteiger charge is -2.35. The van der Waals surface area contributed by atoms with E-state index < -0.39 is 5.97 Å². The predicted octanol–water partition coefficient (Wildman–Crippen LogP) is 1.81. The van der Waals surface area contributed by atoms with Gasteiger partial charge in [0, 0.05) is 38.9 Å². The highest BCUT2D eigenvalue weighted by molar-refractivity contribution is 5.89. The Morgan fingerprint density at radius 3 is 2.44 bits per heavy atom. The number of aromatic carboxylic acids is 1. The highest BCUT2D eigenvalue weighted by Crippen LogP contribution is 2.13. The van der Waals surface area contributed by atoms with Crippen LogP contribution in [0.4, 0.5) is 10.6 Å². The molecule has 0 spiro atoms. The number of anilines is 1. The van der Waals surface area contributed by atoms with E-state index in [2.05, 4.69) is 15.2 Å². The molecule has 1 aliphatic heterocycles. The Balaban J connectivity index is 1.53. The Bertz CT molecular complexity index is 743. The lowest BCUT2D eigenvalue weighted by molar-refractivity contribution is 0.0695. The SMILES string of the molecule is O=C(O)c1ccccc1CNC(=O)N1CCN(c2ccccn2)CC1. The highest BCUT2D eigenvalue weighted by atomic mass is 16.4. The number of hydrogen-bond donors (Lipinski definition) is 2. The lowest BCUT2D eigenvalue weighted by Crippen LogP contribution is -2.51. The van der Waals surface area contributed by atoms with Crippen LogP contribution in [0.2, 0.25) is 0 Å². The maximum Gasteiger partial charge on any atom is 0.336 e. The van der Waals surface area contributed by atoms with Crippen molar-refractivity contribution in [3.63, 3.8) is 0 Å². The fourth-order valence-electron chi connectivity index (χ4n) is 2.85. The topological polar surface area (TPSA) is 85.8 Å². The summed E-state index contributed by atoms with van der Waals surface area (Å²) in [7, 11) is 0. The minimum Gasteiger partial charge on any atom is -0.478 e. The molecule has 7 heteroatoms. The van der Waals surface area contributed by atoms with E-state index in [0.29, 0.717) is 18.7 Å². The van der Waals surface area contributed by atoms with Crippen molar-refractivity contribution in [2.24, 2.45) is 0 Å². The van der Waals surface area contributed by atoms with Crippen molar-refractivity contribution >= 4 is 17.8 Å². The zero-order chi connectivity index (χ0) is 17.6. The van der Waals surface area contributed by atoms with Gasteiger partial charge in [-0.15, -0.1) is 0 Å². The van der Waals surface area contributed by atoms with Gasteiger partial charge < -0.3 is 20.2 Å². The number of piperazine rings is 1. The van der Waals surface area contributed by atoms with E-state index in [1.54, 1.807) is 29.3 Å². The third-order valence-corrected chi connectivity index (χ3v) is 4.22. The van der Waals surface area contributed by atoms with Crippen LogP contribution in [0.15, 0.2) is 48.7 Å². The average Bonchev–Trinajstić information content (AvgIpc) is 2.67. The molecule has 7 nitrogen and oxygen atoms in total. The van der Waals surface area contributed by atoms with Crippen LogP contribution < -0.4 is 10.2 Å². The number of hydrogen-bond acceptors (Lipinski definition) is 4.